The van der Waals surface area contributed by atoms with Gasteiger partial charge in [-0.2, -0.15) is 0 Å². The van der Waals surface area contributed by atoms with Crippen LogP contribution in [0.4, 0.5) is 0 Å². The number of carbonyl (C=O) groups is 1. The van der Waals surface area contributed by atoms with Crippen LogP contribution in [0.2, 0.25) is 0 Å². The molecule has 21 heavy (non-hydrogen) atoms. The third-order valence-corrected chi connectivity index (χ3v) is 5.52. The Kier molecular flexibility index (Phi) is 3.91. The molecule has 2 aliphatic carbocycles. The van der Waals surface area contributed by atoms with Crippen LogP contribution in [0.5, 0.6) is 0 Å². The second kappa shape index (κ2) is 5.43. The molecule has 4 nitrogen and oxygen atoms in total. The Morgan fingerprint density at radius 2 is 2.05 bits per heavy atom. The zero-order valence-corrected chi connectivity index (χ0v) is 14.7. The lowest BCUT2D eigenvalue weighted by atomic mass is 9.75. The molecule has 5 heteroatoms. The van der Waals surface area contributed by atoms with E-state index in [2.05, 4.69) is 39.5 Å². The molecule has 0 N–H and O–H groups in total. The minimum Gasteiger partial charge on any atom is -0.339 e. The number of nitrogens with zero attached hydrogens (tertiary/aromatic N) is 3. The zero-order chi connectivity index (χ0) is 15.2. The summed E-state index contributed by atoms with van der Waals surface area (Å²) in [6, 6.07) is 2.48. The summed E-state index contributed by atoms with van der Waals surface area (Å²) in [6.07, 6.45) is 8.06. The molecule has 0 atom stereocenters. The lowest BCUT2D eigenvalue weighted by Crippen LogP contribution is -2.57. The SMILES string of the molecule is CN(CC1(N(C)C)CCC1)C(=O)c1cc(Br)cn1C1CC1. The number of amides is 1. The molecule has 1 aromatic rings. The Morgan fingerprint density at radius 3 is 2.52 bits per heavy atom. The first-order valence-electron chi connectivity index (χ1n) is 7.73. The third kappa shape index (κ3) is 2.78. The average molecular weight is 354 g/mol. The molecule has 0 radical (unpaired) electrons. The maximum absolute atomic E-state index is 12.8. The Balaban J connectivity index is 1.75. The fraction of sp³-hybridized carbons (Fsp3) is 0.688. The smallest absolute Gasteiger partial charge is 0.270 e. The Morgan fingerprint density at radius 1 is 1.38 bits per heavy atom. The van der Waals surface area contributed by atoms with Crippen molar-refractivity contribution >= 4 is 21.8 Å². The summed E-state index contributed by atoms with van der Waals surface area (Å²) < 4.78 is 3.14. The van der Waals surface area contributed by atoms with E-state index in [1.165, 1.54) is 32.1 Å². The monoisotopic (exact) mass is 353 g/mol. The van der Waals surface area contributed by atoms with Gasteiger partial charge < -0.3 is 14.4 Å². The molecule has 1 amide bonds. The van der Waals surface area contributed by atoms with E-state index in [9.17, 15) is 4.79 Å². The molecule has 2 fully saturated rings. The highest BCUT2D eigenvalue weighted by Gasteiger charge is 2.41. The van der Waals surface area contributed by atoms with Gasteiger partial charge in [-0.05, 0) is 68.2 Å². The number of aromatic nitrogens is 1. The number of hydrogen-bond acceptors (Lipinski definition) is 2. The van der Waals surface area contributed by atoms with Crippen LogP contribution < -0.4 is 0 Å². The predicted molar refractivity (Wildman–Crippen MR) is 87.6 cm³/mol. The number of rotatable bonds is 5. The lowest BCUT2D eigenvalue weighted by molar-refractivity contribution is 0.0248. The molecule has 2 saturated carbocycles. The first kappa shape index (κ1) is 15.1. The van der Waals surface area contributed by atoms with Crippen molar-refractivity contribution in [1.29, 1.82) is 0 Å². The van der Waals surface area contributed by atoms with Crippen LogP contribution in [0.1, 0.15) is 48.6 Å². The molecule has 0 saturated heterocycles. The molecule has 1 heterocycles. The summed E-state index contributed by atoms with van der Waals surface area (Å²) in [6.45, 7) is 0.812. The first-order chi connectivity index (χ1) is 9.93. The maximum atomic E-state index is 12.8. The van der Waals surface area contributed by atoms with Gasteiger partial charge in [0.05, 0.1) is 0 Å². The number of likely N-dealkylation sites (N-methyl/N-ethyl adjacent to an activating group) is 2. The van der Waals surface area contributed by atoms with E-state index in [-0.39, 0.29) is 11.4 Å². The van der Waals surface area contributed by atoms with Crippen molar-refractivity contribution in [1.82, 2.24) is 14.4 Å². The highest BCUT2D eigenvalue weighted by molar-refractivity contribution is 9.10. The standard InChI is InChI=1S/C16H24BrN3O/c1-18(2)16(7-4-8-16)11-19(3)15(21)14-9-12(17)10-20(14)13-5-6-13/h9-10,13H,4-8,11H2,1-3H3. The summed E-state index contributed by atoms with van der Waals surface area (Å²) in [7, 11) is 6.19. The first-order valence-corrected chi connectivity index (χ1v) is 8.52. The molecule has 0 spiro atoms. The summed E-state index contributed by atoms with van der Waals surface area (Å²) in [5.74, 6) is 0.140. The van der Waals surface area contributed by atoms with Crippen molar-refractivity contribution in [3.05, 3.63) is 22.4 Å². The molecule has 0 unspecified atom stereocenters. The van der Waals surface area contributed by atoms with E-state index in [1.54, 1.807) is 0 Å². The van der Waals surface area contributed by atoms with Crippen LogP contribution in [0.25, 0.3) is 0 Å². The quantitative estimate of drug-likeness (QED) is 0.813. The van der Waals surface area contributed by atoms with Gasteiger partial charge in [-0.15, -0.1) is 0 Å². The predicted octanol–water partition coefficient (Wildman–Crippen LogP) is 3.14. The van der Waals surface area contributed by atoms with Gasteiger partial charge in [-0.3, -0.25) is 4.79 Å². The van der Waals surface area contributed by atoms with Crippen LogP contribution in [0.3, 0.4) is 0 Å². The number of halogens is 1. The van der Waals surface area contributed by atoms with Crippen molar-refractivity contribution in [2.75, 3.05) is 27.7 Å². The van der Waals surface area contributed by atoms with Gasteiger partial charge in [-0.25, -0.2) is 0 Å². The molecule has 2 aliphatic rings. The van der Waals surface area contributed by atoms with Crippen molar-refractivity contribution < 1.29 is 4.79 Å². The molecular weight excluding hydrogens is 330 g/mol. The molecule has 0 aliphatic heterocycles. The van der Waals surface area contributed by atoms with Crippen LogP contribution in [-0.2, 0) is 0 Å². The second-order valence-electron chi connectivity index (χ2n) is 6.82. The largest absolute Gasteiger partial charge is 0.339 e. The Labute approximate surface area is 135 Å². The minimum absolute atomic E-state index is 0.140. The van der Waals surface area contributed by atoms with E-state index < -0.39 is 0 Å². The molecule has 1 aromatic heterocycles. The van der Waals surface area contributed by atoms with E-state index >= 15 is 0 Å². The van der Waals surface area contributed by atoms with Crippen molar-refractivity contribution in [2.45, 2.75) is 43.7 Å². The molecular formula is C16H24BrN3O. The van der Waals surface area contributed by atoms with E-state index in [0.29, 0.717) is 6.04 Å². The van der Waals surface area contributed by atoms with Gasteiger partial charge in [0.1, 0.15) is 5.69 Å². The number of carbonyl (C=O) groups excluding carboxylic acids is 1. The average Bonchev–Trinajstić information content (AvgIpc) is 3.15. The fourth-order valence-corrected chi connectivity index (χ4v) is 3.75. The molecule has 0 bridgehead atoms. The molecule has 0 aromatic carbocycles. The van der Waals surface area contributed by atoms with Gasteiger partial charge in [0.2, 0.25) is 0 Å². The van der Waals surface area contributed by atoms with Gasteiger partial charge in [0, 0.05) is 35.8 Å². The van der Waals surface area contributed by atoms with Gasteiger partial charge >= 0.3 is 0 Å². The molecule has 3 rings (SSSR count). The second-order valence-corrected chi connectivity index (χ2v) is 7.73. The topological polar surface area (TPSA) is 28.5 Å². The summed E-state index contributed by atoms with van der Waals surface area (Å²) in [5, 5.41) is 0. The van der Waals surface area contributed by atoms with Crippen LogP contribution >= 0.6 is 15.9 Å². The highest BCUT2D eigenvalue weighted by atomic mass is 79.9. The van der Waals surface area contributed by atoms with Crippen LogP contribution in [0, 0.1) is 0 Å². The zero-order valence-electron chi connectivity index (χ0n) is 13.1. The fourth-order valence-electron chi connectivity index (χ4n) is 3.31. The minimum atomic E-state index is 0.140. The van der Waals surface area contributed by atoms with E-state index in [4.69, 9.17) is 0 Å². The van der Waals surface area contributed by atoms with Gasteiger partial charge in [0.15, 0.2) is 0 Å². The summed E-state index contributed by atoms with van der Waals surface area (Å²) in [4.78, 5) is 17.0. The maximum Gasteiger partial charge on any atom is 0.270 e. The number of hydrogen-bond donors (Lipinski definition) is 0. The highest BCUT2D eigenvalue weighted by Crippen LogP contribution is 2.39. The third-order valence-electron chi connectivity index (χ3n) is 5.09. The van der Waals surface area contributed by atoms with Gasteiger partial charge in [-0.1, -0.05) is 0 Å². The summed E-state index contributed by atoms with van der Waals surface area (Å²) in [5.41, 5.74) is 0.999. The van der Waals surface area contributed by atoms with Crippen LogP contribution in [-0.4, -0.2) is 53.5 Å². The Bertz CT molecular complexity index is 544. The van der Waals surface area contributed by atoms with Crippen molar-refractivity contribution in [3.63, 3.8) is 0 Å². The molecule has 116 valence electrons. The Hall–Kier alpha value is -0.810. The van der Waals surface area contributed by atoms with Crippen molar-refractivity contribution in [3.8, 4) is 0 Å². The van der Waals surface area contributed by atoms with E-state index in [1.807, 2.05) is 24.2 Å². The van der Waals surface area contributed by atoms with Crippen LogP contribution in [0.15, 0.2) is 16.7 Å². The normalized spacial score (nSPS) is 20.4. The summed E-state index contributed by atoms with van der Waals surface area (Å²) >= 11 is 3.51. The van der Waals surface area contributed by atoms with Crippen molar-refractivity contribution in [2.24, 2.45) is 0 Å². The van der Waals surface area contributed by atoms with E-state index in [0.717, 1.165) is 16.7 Å². The lowest BCUT2D eigenvalue weighted by Gasteiger charge is -2.49. The van der Waals surface area contributed by atoms with Gasteiger partial charge in [0.25, 0.3) is 5.91 Å².